The van der Waals surface area contributed by atoms with Crippen LogP contribution >= 0.6 is 23.2 Å². The maximum atomic E-state index is 13.2. The molecule has 0 aliphatic heterocycles. The highest BCUT2D eigenvalue weighted by atomic mass is 35.5. The minimum atomic E-state index is -1.30. The van der Waals surface area contributed by atoms with Gasteiger partial charge in [0.1, 0.15) is 12.5 Å². The number of carboxylic acids is 1. The summed E-state index contributed by atoms with van der Waals surface area (Å²) in [5.41, 5.74) is 11.2. The Morgan fingerprint density at radius 1 is 0.950 bits per heavy atom. The molecule has 0 bridgehead atoms. The minimum absolute atomic E-state index is 0.0318. The van der Waals surface area contributed by atoms with Crippen LogP contribution in [0.4, 0.5) is 5.69 Å². The van der Waals surface area contributed by atoms with Gasteiger partial charge in [-0.05, 0) is 59.9 Å². The zero-order valence-corrected chi connectivity index (χ0v) is 23.0. The molecule has 3 aromatic carbocycles. The van der Waals surface area contributed by atoms with Crippen molar-refractivity contribution in [3.8, 4) is 11.1 Å². The van der Waals surface area contributed by atoms with Crippen LogP contribution in [0.25, 0.3) is 11.1 Å². The van der Waals surface area contributed by atoms with Gasteiger partial charge in [-0.15, -0.1) is 0 Å². The number of halogens is 2. The van der Waals surface area contributed by atoms with Crippen molar-refractivity contribution in [2.24, 2.45) is 5.73 Å². The average Bonchev–Trinajstić information content (AvgIpc) is 2.90. The standard InChI is InChI=1S/C28H30Cl2N6O4/c29-21-13-18(14-22(30)15-21)17-34-36(24(27(39)40)7-4-12-33-28(31)32)26(38)16-25(37)35-23-10-8-20(9-11-23)19-5-2-1-3-6-19/h1-3,5-6,8-11,13-15,24,34H,4,7,12,16-17H2,(H,35,37)(H,39,40)(H4,31,32,33)/t24-/m0/s1. The molecule has 10 nitrogen and oxygen atoms in total. The summed E-state index contributed by atoms with van der Waals surface area (Å²) in [6.45, 7) is 0.272. The Morgan fingerprint density at radius 3 is 2.17 bits per heavy atom. The lowest BCUT2D eigenvalue weighted by Gasteiger charge is -2.29. The number of guanidine groups is 1. The van der Waals surface area contributed by atoms with E-state index in [1.54, 1.807) is 30.3 Å². The molecule has 210 valence electrons. The van der Waals surface area contributed by atoms with Crippen LogP contribution in [0.2, 0.25) is 10.0 Å². The number of carbonyl (C=O) groups excluding carboxylic acids is 2. The fraction of sp³-hybridized carbons (Fsp3) is 0.214. The Bertz CT molecular complexity index is 1320. The number of carbonyl (C=O) groups is 3. The molecule has 0 radical (unpaired) electrons. The summed E-state index contributed by atoms with van der Waals surface area (Å²) >= 11 is 12.1. The molecule has 0 heterocycles. The second kappa shape index (κ2) is 14.9. The van der Waals surface area contributed by atoms with Gasteiger partial charge in [-0.1, -0.05) is 65.7 Å². The molecule has 12 heteroatoms. The van der Waals surface area contributed by atoms with Crippen molar-refractivity contribution in [2.75, 3.05) is 11.9 Å². The van der Waals surface area contributed by atoms with E-state index in [0.29, 0.717) is 27.7 Å². The summed E-state index contributed by atoms with van der Waals surface area (Å²) in [5, 5.41) is 24.2. The van der Waals surface area contributed by atoms with E-state index in [1.807, 2.05) is 42.5 Å². The highest BCUT2D eigenvalue weighted by molar-refractivity contribution is 6.34. The van der Waals surface area contributed by atoms with Crippen molar-refractivity contribution in [3.63, 3.8) is 0 Å². The topological polar surface area (TPSA) is 161 Å². The number of benzene rings is 3. The lowest BCUT2D eigenvalue weighted by Crippen LogP contribution is -2.53. The number of hydrazine groups is 1. The number of nitrogens with zero attached hydrogens (tertiary/aromatic N) is 1. The fourth-order valence-electron chi connectivity index (χ4n) is 3.95. The van der Waals surface area contributed by atoms with E-state index in [0.717, 1.165) is 16.1 Å². The Kier molecular flexibility index (Phi) is 11.3. The first-order chi connectivity index (χ1) is 19.1. The number of aliphatic carboxylic acids is 1. The van der Waals surface area contributed by atoms with Crippen molar-refractivity contribution in [1.29, 1.82) is 5.41 Å². The van der Waals surface area contributed by atoms with Gasteiger partial charge in [0, 0.05) is 28.8 Å². The van der Waals surface area contributed by atoms with Crippen molar-refractivity contribution in [3.05, 3.63) is 88.4 Å². The molecular weight excluding hydrogens is 555 g/mol. The lowest BCUT2D eigenvalue weighted by molar-refractivity contribution is -0.154. The summed E-state index contributed by atoms with van der Waals surface area (Å²) in [5.74, 6) is -2.84. The number of hydrogen-bond acceptors (Lipinski definition) is 5. The molecule has 0 saturated heterocycles. The quantitative estimate of drug-likeness (QED) is 0.0575. The van der Waals surface area contributed by atoms with Gasteiger partial charge in [0.05, 0.1) is 0 Å². The number of anilines is 1. The monoisotopic (exact) mass is 584 g/mol. The predicted octanol–water partition coefficient (Wildman–Crippen LogP) is 4.24. The third-order valence-electron chi connectivity index (χ3n) is 5.80. The van der Waals surface area contributed by atoms with Crippen molar-refractivity contribution in [1.82, 2.24) is 15.8 Å². The number of rotatable bonds is 13. The van der Waals surface area contributed by atoms with Crippen LogP contribution in [0.15, 0.2) is 72.8 Å². The molecule has 0 aliphatic carbocycles. The van der Waals surface area contributed by atoms with Gasteiger partial charge in [-0.3, -0.25) is 20.0 Å². The maximum Gasteiger partial charge on any atom is 0.328 e. The molecule has 3 aromatic rings. The Morgan fingerprint density at radius 2 is 1.57 bits per heavy atom. The summed E-state index contributed by atoms with van der Waals surface area (Å²) in [7, 11) is 0. The zero-order valence-electron chi connectivity index (χ0n) is 21.5. The third kappa shape index (κ3) is 9.57. The Balaban J connectivity index is 1.70. The van der Waals surface area contributed by atoms with Gasteiger partial charge < -0.3 is 21.5 Å². The lowest BCUT2D eigenvalue weighted by atomic mass is 10.1. The largest absolute Gasteiger partial charge is 0.480 e. The molecule has 0 aliphatic rings. The number of hydrogen-bond donors (Lipinski definition) is 6. The third-order valence-corrected chi connectivity index (χ3v) is 6.24. The molecule has 0 spiro atoms. The number of nitrogens with one attached hydrogen (secondary N) is 4. The number of nitrogens with two attached hydrogens (primary N) is 1. The molecule has 0 unspecified atom stereocenters. The van der Waals surface area contributed by atoms with Gasteiger partial charge in [-0.2, -0.15) is 0 Å². The highest BCUT2D eigenvalue weighted by Crippen LogP contribution is 2.22. The second-order valence-electron chi connectivity index (χ2n) is 8.88. The van der Waals surface area contributed by atoms with E-state index in [9.17, 15) is 19.5 Å². The number of carboxylic acid groups (broad SMARTS) is 1. The molecule has 1 atom stereocenters. The highest BCUT2D eigenvalue weighted by Gasteiger charge is 2.30. The van der Waals surface area contributed by atoms with Gasteiger partial charge in [-0.25, -0.2) is 10.2 Å². The van der Waals surface area contributed by atoms with E-state index in [-0.39, 0.29) is 25.5 Å². The van der Waals surface area contributed by atoms with Crippen molar-refractivity contribution >= 4 is 52.6 Å². The van der Waals surface area contributed by atoms with Crippen molar-refractivity contribution in [2.45, 2.75) is 31.8 Å². The second-order valence-corrected chi connectivity index (χ2v) is 9.75. The summed E-state index contributed by atoms with van der Waals surface area (Å²) < 4.78 is 0. The molecule has 0 fully saturated rings. The summed E-state index contributed by atoms with van der Waals surface area (Å²) in [4.78, 5) is 38.2. The SMILES string of the molecule is N=C(N)NCCC[C@@H](C(=O)O)N(NCc1cc(Cl)cc(Cl)c1)C(=O)CC(=O)Nc1ccc(-c2ccccc2)cc1. The first-order valence-corrected chi connectivity index (χ1v) is 13.1. The van der Waals surface area contributed by atoms with E-state index in [2.05, 4.69) is 16.1 Å². The average molecular weight is 585 g/mol. The van der Waals surface area contributed by atoms with Crippen LogP contribution < -0.4 is 21.8 Å². The molecule has 40 heavy (non-hydrogen) atoms. The van der Waals surface area contributed by atoms with E-state index in [4.69, 9.17) is 34.3 Å². The predicted molar refractivity (Wildman–Crippen MR) is 156 cm³/mol. The molecule has 0 aromatic heterocycles. The Hall–Kier alpha value is -4.12. The van der Waals surface area contributed by atoms with E-state index < -0.39 is 30.2 Å². The Labute approximate surface area is 241 Å². The van der Waals surface area contributed by atoms with Crippen LogP contribution in [-0.4, -0.2) is 46.4 Å². The minimum Gasteiger partial charge on any atom is -0.480 e. The molecular formula is C28H30Cl2N6O4. The van der Waals surface area contributed by atoms with Crippen LogP contribution in [0.1, 0.15) is 24.8 Å². The maximum absolute atomic E-state index is 13.2. The summed E-state index contributed by atoms with van der Waals surface area (Å²) in [6, 6.07) is 20.4. The first-order valence-electron chi connectivity index (χ1n) is 12.4. The van der Waals surface area contributed by atoms with Gasteiger partial charge in [0.2, 0.25) is 11.8 Å². The van der Waals surface area contributed by atoms with Gasteiger partial charge >= 0.3 is 5.97 Å². The zero-order chi connectivity index (χ0) is 29.1. The first kappa shape index (κ1) is 30.4. The fourth-order valence-corrected chi connectivity index (χ4v) is 4.52. The summed E-state index contributed by atoms with van der Waals surface area (Å²) in [6.07, 6.45) is -0.266. The van der Waals surface area contributed by atoms with Crippen LogP contribution in [0.5, 0.6) is 0 Å². The van der Waals surface area contributed by atoms with Crippen molar-refractivity contribution < 1.29 is 19.5 Å². The van der Waals surface area contributed by atoms with Crippen LogP contribution in [0, 0.1) is 5.41 Å². The van der Waals surface area contributed by atoms with E-state index >= 15 is 0 Å². The molecule has 2 amide bonds. The van der Waals surface area contributed by atoms with E-state index in [1.165, 1.54) is 0 Å². The van der Waals surface area contributed by atoms with Crippen LogP contribution in [0.3, 0.4) is 0 Å². The van der Waals surface area contributed by atoms with Gasteiger partial charge in [0.25, 0.3) is 0 Å². The molecule has 0 saturated carbocycles. The molecule has 3 rings (SSSR count). The van der Waals surface area contributed by atoms with Gasteiger partial charge in [0.15, 0.2) is 5.96 Å². The number of amides is 2. The smallest absolute Gasteiger partial charge is 0.328 e. The van der Waals surface area contributed by atoms with Crippen LogP contribution in [-0.2, 0) is 20.9 Å². The normalized spacial score (nSPS) is 11.3. The molecule has 7 N–H and O–H groups in total.